The molecule has 1 atom stereocenters. The number of alkyl halides is 3. The Bertz CT molecular complexity index is 414. The monoisotopic (exact) mass is 251 g/mol. The van der Waals surface area contributed by atoms with E-state index < -0.39 is 29.6 Å². The first-order valence-electron chi connectivity index (χ1n) is 4.85. The van der Waals surface area contributed by atoms with Gasteiger partial charge < -0.3 is 10.5 Å². The van der Waals surface area contributed by atoms with E-state index in [4.69, 9.17) is 5.73 Å². The number of hydrogen-bond donors (Lipinski definition) is 1. The van der Waals surface area contributed by atoms with Gasteiger partial charge in [0.1, 0.15) is 6.04 Å². The number of hydrogen-bond acceptors (Lipinski definition) is 4. The van der Waals surface area contributed by atoms with Crippen molar-refractivity contribution >= 4 is 11.7 Å². The molecule has 0 fully saturated rings. The number of rotatable bonds is 3. The van der Waals surface area contributed by atoms with Gasteiger partial charge in [0, 0.05) is 6.20 Å². The number of aromatic nitrogens is 2. The van der Waals surface area contributed by atoms with E-state index in [1.165, 1.54) is 6.92 Å². The molecule has 0 spiro atoms. The van der Waals surface area contributed by atoms with Crippen LogP contribution in [0.3, 0.4) is 0 Å². The number of nitrogens with zero attached hydrogens (tertiary/aromatic N) is 2. The fourth-order valence-corrected chi connectivity index (χ4v) is 1.20. The summed E-state index contributed by atoms with van der Waals surface area (Å²) in [5.74, 6) is -0.663. The molecule has 0 amide bonds. The Labute approximate surface area is 95.3 Å². The van der Waals surface area contributed by atoms with E-state index >= 15 is 0 Å². The van der Waals surface area contributed by atoms with Crippen LogP contribution in [-0.4, -0.2) is 22.4 Å². The second-order valence-electron chi connectivity index (χ2n) is 3.34. The van der Waals surface area contributed by atoms with Gasteiger partial charge in [-0.2, -0.15) is 18.3 Å². The van der Waals surface area contributed by atoms with E-state index in [9.17, 15) is 18.0 Å². The van der Waals surface area contributed by atoms with Crippen LogP contribution in [0.25, 0.3) is 0 Å². The molecule has 1 unspecified atom stereocenters. The number of anilines is 1. The number of carbonyl (C=O) groups excluding carboxylic acids is 1. The van der Waals surface area contributed by atoms with Crippen molar-refractivity contribution in [1.29, 1.82) is 0 Å². The molecule has 1 rings (SSSR count). The zero-order valence-corrected chi connectivity index (χ0v) is 9.28. The van der Waals surface area contributed by atoms with E-state index in [0.717, 1.165) is 10.9 Å². The number of nitrogen functional groups attached to an aromatic ring is 1. The van der Waals surface area contributed by atoms with Crippen LogP contribution in [0.15, 0.2) is 6.20 Å². The molecule has 2 N–H and O–H groups in total. The highest BCUT2D eigenvalue weighted by molar-refractivity contribution is 5.73. The molecule has 0 bridgehead atoms. The van der Waals surface area contributed by atoms with E-state index in [0.29, 0.717) is 0 Å². The maximum atomic E-state index is 12.4. The van der Waals surface area contributed by atoms with Crippen molar-refractivity contribution in [3.8, 4) is 0 Å². The molecule has 17 heavy (non-hydrogen) atoms. The Morgan fingerprint density at radius 3 is 2.65 bits per heavy atom. The molecule has 0 aliphatic rings. The number of carbonyl (C=O) groups is 1. The van der Waals surface area contributed by atoms with Crippen LogP contribution in [0, 0.1) is 0 Å². The van der Waals surface area contributed by atoms with Crippen LogP contribution in [0.4, 0.5) is 18.9 Å². The average Bonchev–Trinajstić information content (AvgIpc) is 2.59. The Hall–Kier alpha value is -1.73. The summed E-state index contributed by atoms with van der Waals surface area (Å²) >= 11 is 0. The first-order valence-corrected chi connectivity index (χ1v) is 4.85. The minimum atomic E-state index is -4.64. The van der Waals surface area contributed by atoms with Crippen molar-refractivity contribution in [3.05, 3.63) is 11.9 Å². The SMILES string of the molecule is CCOC(=O)C(C)n1cc(N)c(C(F)(F)F)n1. The molecular weight excluding hydrogens is 239 g/mol. The third-order valence-corrected chi connectivity index (χ3v) is 2.05. The molecule has 0 saturated heterocycles. The number of nitrogens with two attached hydrogens (primary N) is 1. The van der Waals surface area contributed by atoms with Crippen LogP contribution < -0.4 is 5.73 Å². The predicted molar refractivity (Wildman–Crippen MR) is 53.0 cm³/mol. The zero-order valence-electron chi connectivity index (χ0n) is 9.28. The fraction of sp³-hybridized carbons (Fsp3) is 0.556. The predicted octanol–water partition coefficient (Wildman–Crippen LogP) is 1.61. The lowest BCUT2D eigenvalue weighted by atomic mass is 10.3. The van der Waals surface area contributed by atoms with Crippen molar-refractivity contribution in [1.82, 2.24) is 9.78 Å². The Morgan fingerprint density at radius 2 is 2.24 bits per heavy atom. The second-order valence-corrected chi connectivity index (χ2v) is 3.34. The lowest BCUT2D eigenvalue weighted by Gasteiger charge is -2.10. The van der Waals surface area contributed by atoms with Crippen molar-refractivity contribution in [2.24, 2.45) is 0 Å². The molecule has 1 heterocycles. The largest absolute Gasteiger partial charge is 0.464 e. The fourth-order valence-electron chi connectivity index (χ4n) is 1.20. The molecule has 0 saturated carbocycles. The first kappa shape index (κ1) is 13.3. The molecular formula is C9H12F3N3O2. The maximum Gasteiger partial charge on any atom is 0.437 e. The third-order valence-electron chi connectivity index (χ3n) is 2.05. The van der Waals surface area contributed by atoms with Crippen LogP contribution in [0.5, 0.6) is 0 Å². The summed E-state index contributed by atoms with van der Waals surface area (Å²) in [6.45, 7) is 3.12. The summed E-state index contributed by atoms with van der Waals surface area (Å²) < 4.78 is 42.7. The van der Waals surface area contributed by atoms with Gasteiger partial charge in [0.25, 0.3) is 0 Å². The molecule has 0 aliphatic heterocycles. The van der Waals surface area contributed by atoms with Gasteiger partial charge in [-0.05, 0) is 13.8 Å². The highest BCUT2D eigenvalue weighted by Gasteiger charge is 2.37. The maximum absolute atomic E-state index is 12.4. The topological polar surface area (TPSA) is 70.1 Å². The van der Waals surface area contributed by atoms with Crippen molar-refractivity contribution in [2.45, 2.75) is 26.1 Å². The second kappa shape index (κ2) is 4.64. The Kier molecular flexibility index (Phi) is 3.64. The summed E-state index contributed by atoms with van der Waals surface area (Å²) in [4.78, 5) is 11.3. The van der Waals surface area contributed by atoms with E-state index in [-0.39, 0.29) is 6.61 Å². The molecule has 96 valence electrons. The highest BCUT2D eigenvalue weighted by Crippen LogP contribution is 2.32. The molecule has 0 aromatic carbocycles. The lowest BCUT2D eigenvalue weighted by Crippen LogP contribution is -2.20. The standard InChI is InChI=1S/C9H12F3N3O2/c1-3-17-8(16)5(2)15-4-6(13)7(14-15)9(10,11)12/h4-5H,3,13H2,1-2H3. The molecule has 1 aromatic heterocycles. The minimum Gasteiger partial charge on any atom is -0.464 e. The minimum absolute atomic E-state index is 0.145. The van der Waals surface area contributed by atoms with Gasteiger partial charge in [0.2, 0.25) is 0 Å². The van der Waals surface area contributed by atoms with Crippen LogP contribution >= 0.6 is 0 Å². The number of esters is 1. The quantitative estimate of drug-likeness (QED) is 0.828. The Morgan fingerprint density at radius 1 is 1.65 bits per heavy atom. The van der Waals surface area contributed by atoms with Crippen molar-refractivity contribution in [2.75, 3.05) is 12.3 Å². The van der Waals surface area contributed by atoms with Gasteiger partial charge in [0.05, 0.1) is 12.3 Å². The Balaban J connectivity index is 2.98. The summed E-state index contributed by atoms with van der Waals surface area (Å²) in [6.07, 6.45) is -3.67. The molecule has 5 nitrogen and oxygen atoms in total. The highest BCUT2D eigenvalue weighted by atomic mass is 19.4. The molecule has 1 aromatic rings. The average molecular weight is 251 g/mol. The van der Waals surface area contributed by atoms with E-state index in [1.54, 1.807) is 6.92 Å². The van der Waals surface area contributed by atoms with Gasteiger partial charge in [-0.25, -0.2) is 4.79 Å². The van der Waals surface area contributed by atoms with Gasteiger partial charge in [-0.1, -0.05) is 0 Å². The summed E-state index contributed by atoms with van der Waals surface area (Å²) in [6, 6.07) is -0.951. The first-order chi connectivity index (χ1) is 7.77. The molecule has 8 heteroatoms. The van der Waals surface area contributed by atoms with Crippen molar-refractivity contribution < 1.29 is 22.7 Å². The lowest BCUT2D eigenvalue weighted by molar-refractivity contribution is -0.148. The third kappa shape index (κ3) is 2.89. The smallest absolute Gasteiger partial charge is 0.437 e. The van der Waals surface area contributed by atoms with E-state index in [2.05, 4.69) is 9.84 Å². The van der Waals surface area contributed by atoms with Crippen LogP contribution in [0.1, 0.15) is 25.6 Å². The summed E-state index contributed by atoms with van der Waals surface area (Å²) in [5.41, 5.74) is 3.46. The number of ether oxygens (including phenoxy) is 1. The zero-order chi connectivity index (χ0) is 13.2. The van der Waals surface area contributed by atoms with Gasteiger partial charge in [-0.15, -0.1) is 0 Å². The normalized spacial score (nSPS) is 13.5. The van der Waals surface area contributed by atoms with Gasteiger partial charge >= 0.3 is 12.1 Å². The van der Waals surface area contributed by atoms with Crippen LogP contribution in [-0.2, 0) is 15.7 Å². The number of halogens is 3. The summed E-state index contributed by atoms with van der Waals surface area (Å²) in [7, 11) is 0. The van der Waals surface area contributed by atoms with Crippen molar-refractivity contribution in [3.63, 3.8) is 0 Å². The molecule has 0 aliphatic carbocycles. The van der Waals surface area contributed by atoms with Gasteiger partial charge in [0.15, 0.2) is 5.69 Å². The van der Waals surface area contributed by atoms with Gasteiger partial charge in [-0.3, -0.25) is 4.68 Å². The van der Waals surface area contributed by atoms with E-state index in [1.807, 2.05) is 0 Å². The van der Waals surface area contributed by atoms with Crippen LogP contribution in [0.2, 0.25) is 0 Å². The summed E-state index contributed by atoms with van der Waals surface area (Å²) in [5, 5.41) is 3.25. The molecule has 0 radical (unpaired) electrons.